The number of carbonyl (C=O) groups excluding carboxylic acids is 2. The van der Waals surface area contributed by atoms with Crippen molar-refractivity contribution in [2.75, 3.05) is 13.2 Å². The number of unbranched alkanes of at least 4 members (excludes halogenated alkanes) is 6. The van der Waals surface area contributed by atoms with E-state index in [1.165, 1.54) is 0 Å². The maximum atomic E-state index is 11.6. The molecule has 4 nitrogen and oxygen atoms in total. The molecule has 0 spiro atoms. The summed E-state index contributed by atoms with van der Waals surface area (Å²) in [5.74, 6) is -1.03. The first kappa shape index (κ1) is 20.2. The third-order valence-corrected chi connectivity index (χ3v) is 3.47. The highest BCUT2D eigenvalue weighted by Gasteiger charge is 2.10. The van der Waals surface area contributed by atoms with E-state index in [-0.39, 0.29) is 4.48 Å². The van der Waals surface area contributed by atoms with Crippen LogP contribution in [0.1, 0.15) is 65.2 Å². The summed E-state index contributed by atoms with van der Waals surface area (Å²) < 4.78 is 10.2. The van der Waals surface area contributed by atoms with Crippen molar-refractivity contribution in [2.45, 2.75) is 65.2 Å². The van der Waals surface area contributed by atoms with E-state index in [2.05, 4.69) is 29.8 Å². The minimum atomic E-state index is -0.519. The van der Waals surface area contributed by atoms with Gasteiger partial charge in [-0.1, -0.05) is 52.4 Å². The van der Waals surface area contributed by atoms with Crippen LogP contribution in [-0.4, -0.2) is 25.2 Å². The van der Waals surface area contributed by atoms with Crippen molar-refractivity contribution in [3.63, 3.8) is 0 Å². The lowest BCUT2D eigenvalue weighted by atomic mass is 10.2. The lowest BCUT2D eigenvalue weighted by molar-refractivity contribution is -0.140. The fraction of sp³-hybridized carbons (Fsp3) is 0.750. The minimum absolute atomic E-state index is 0.108. The lowest BCUT2D eigenvalue weighted by Crippen LogP contribution is -2.09. The molecule has 0 saturated carbocycles. The molecule has 5 heteroatoms. The van der Waals surface area contributed by atoms with Crippen molar-refractivity contribution >= 4 is 27.9 Å². The van der Waals surface area contributed by atoms with E-state index in [1.807, 2.05) is 0 Å². The van der Waals surface area contributed by atoms with Gasteiger partial charge in [0.1, 0.15) is 4.48 Å². The topological polar surface area (TPSA) is 52.6 Å². The van der Waals surface area contributed by atoms with Gasteiger partial charge < -0.3 is 9.47 Å². The largest absolute Gasteiger partial charge is 0.462 e. The molecule has 0 unspecified atom stereocenters. The second-order valence-electron chi connectivity index (χ2n) is 4.92. The first-order valence-electron chi connectivity index (χ1n) is 7.82. The van der Waals surface area contributed by atoms with Crippen LogP contribution in [0.15, 0.2) is 10.6 Å². The van der Waals surface area contributed by atoms with E-state index in [4.69, 9.17) is 9.47 Å². The second-order valence-corrected chi connectivity index (χ2v) is 5.77. The Kier molecular flexibility index (Phi) is 13.5. The molecule has 0 bridgehead atoms. The zero-order valence-electron chi connectivity index (χ0n) is 13.2. The fourth-order valence-electron chi connectivity index (χ4n) is 1.67. The molecule has 0 aliphatic heterocycles. The Morgan fingerprint density at radius 3 is 1.90 bits per heavy atom. The predicted octanol–water partition coefficient (Wildman–Crippen LogP) is 4.51. The van der Waals surface area contributed by atoms with Gasteiger partial charge in [0, 0.05) is 6.08 Å². The van der Waals surface area contributed by atoms with Crippen molar-refractivity contribution in [1.82, 2.24) is 0 Å². The van der Waals surface area contributed by atoms with Crippen LogP contribution in [0.3, 0.4) is 0 Å². The number of carbonyl (C=O) groups is 2. The molecule has 0 heterocycles. The van der Waals surface area contributed by atoms with Gasteiger partial charge in [-0.25, -0.2) is 9.59 Å². The molecule has 0 aliphatic rings. The maximum Gasteiger partial charge on any atom is 0.345 e. The Morgan fingerprint density at radius 1 is 0.857 bits per heavy atom. The summed E-state index contributed by atoms with van der Waals surface area (Å²) in [6.07, 6.45) is 9.49. The minimum Gasteiger partial charge on any atom is -0.462 e. The SMILES string of the molecule is CCCCCCOC(=O)/C=C(/Br)C(=O)OCCCCCC. The Bertz CT molecular complexity index is 326. The van der Waals surface area contributed by atoms with E-state index in [0.29, 0.717) is 13.2 Å². The van der Waals surface area contributed by atoms with Crippen LogP contribution in [0.2, 0.25) is 0 Å². The molecular weight excluding hydrogens is 336 g/mol. The zero-order valence-corrected chi connectivity index (χ0v) is 14.7. The molecule has 0 saturated heterocycles. The quantitative estimate of drug-likeness (QED) is 0.291. The van der Waals surface area contributed by atoms with Crippen molar-refractivity contribution < 1.29 is 19.1 Å². The summed E-state index contributed by atoms with van der Waals surface area (Å²) in [7, 11) is 0. The summed E-state index contributed by atoms with van der Waals surface area (Å²) in [6.45, 7) is 5.02. The normalized spacial score (nSPS) is 11.3. The second kappa shape index (κ2) is 14.1. The van der Waals surface area contributed by atoms with Gasteiger partial charge in [-0.2, -0.15) is 0 Å². The van der Waals surface area contributed by atoms with Crippen LogP contribution >= 0.6 is 15.9 Å². The van der Waals surface area contributed by atoms with Crippen LogP contribution < -0.4 is 0 Å². The number of halogens is 1. The highest BCUT2D eigenvalue weighted by Crippen LogP contribution is 2.09. The summed E-state index contributed by atoms with van der Waals surface area (Å²) in [5, 5.41) is 0. The molecule has 0 aromatic carbocycles. The average molecular weight is 363 g/mol. The van der Waals surface area contributed by atoms with Crippen LogP contribution in [0.5, 0.6) is 0 Å². The van der Waals surface area contributed by atoms with Gasteiger partial charge in [0.05, 0.1) is 13.2 Å². The van der Waals surface area contributed by atoms with Gasteiger partial charge in [-0.3, -0.25) is 0 Å². The van der Waals surface area contributed by atoms with E-state index in [9.17, 15) is 9.59 Å². The van der Waals surface area contributed by atoms with Gasteiger partial charge in [-0.15, -0.1) is 0 Å². The summed E-state index contributed by atoms with van der Waals surface area (Å²) >= 11 is 3.05. The van der Waals surface area contributed by atoms with Crippen LogP contribution in [-0.2, 0) is 19.1 Å². The molecule has 0 N–H and O–H groups in total. The molecule has 0 aliphatic carbocycles. The molecular formula is C16H27BrO4. The van der Waals surface area contributed by atoms with Crippen LogP contribution in [0.4, 0.5) is 0 Å². The van der Waals surface area contributed by atoms with Gasteiger partial charge in [0.25, 0.3) is 0 Å². The molecule has 21 heavy (non-hydrogen) atoms. The van der Waals surface area contributed by atoms with Gasteiger partial charge >= 0.3 is 11.9 Å². The molecule has 0 aromatic heterocycles. The predicted molar refractivity (Wildman–Crippen MR) is 87.2 cm³/mol. The Morgan fingerprint density at radius 2 is 1.38 bits per heavy atom. The molecule has 122 valence electrons. The Hall–Kier alpha value is -0.840. The summed E-state index contributed by atoms with van der Waals surface area (Å²) in [5.41, 5.74) is 0. The smallest absolute Gasteiger partial charge is 0.345 e. The van der Waals surface area contributed by atoms with E-state index < -0.39 is 11.9 Å². The van der Waals surface area contributed by atoms with Crippen LogP contribution in [0.25, 0.3) is 0 Å². The molecule has 0 fully saturated rings. The molecule has 0 aromatic rings. The van der Waals surface area contributed by atoms with Crippen molar-refractivity contribution in [3.8, 4) is 0 Å². The van der Waals surface area contributed by atoms with E-state index in [0.717, 1.165) is 57.4 Å². The monoisotopic (exact) mass is 362 g/mol. The zero-order chi connectivity index (χ0) is 15.9. The fourth-order valence-corrected chi connectivity index (χ4v) is 1.97. The highest BCUT2D eigenvalue weighted by molar-refractivity contribution is 9.12. The number of ether oxygens (including phenoxy) is 2. The molecule has 0 atom stereocenters. The average Bonchev–Trinajstić information content (AvgIpc) is 2.46. The third kappa shape index (κ3) is 12.6. The number of hydrogen-bond acceptors (Lipinski definition) is 4. The Balaban J connectivity index is 3.81. The lowest BCUT2D eigenvalue weighted by Gasteiger charge is -2.04. The van der Waals surface area contributed by atoms with Crippen molar-refractivity contribution in [2.24, 2.45) is 0 Å². The number of esters is 2. The summed E-state index contributed by atoms with van der Waals surface area (Å²) in [6, 6.07) is 0. The third-order valence-electron chi connectivity index (χ3n) is 2.91. The van der Waals surface area contributed by atoms with Crippen molar-refractivity contribution in [3.05, 3.63) is 10.6 Å². The van der Waals surface area contributed by atoms with Gasteiger partial charge in [-0.05, 0) is 28.8 Å². The molecule has 0 amide bonds. The van der Waals surface area contributed by atoms with E-state index >= 15 is 0 Å². The molecule has 0 radical (unpaired) electrons. The number of rotatable bonds is 12. The number of hydrogen-bond donors (Lipinski definition) is 0. The highest BCUT2D eigenvalue weighted by atomic mass is 79.9. The Labute approximate surface area is 136 Å². The molecule has 0 rings (SSSR count). The van der Waals surface area contributed by atoms with Crippen molar-refractivity contribution in [1.29, 1.82) is 0 Å². The maximum absolute atomic E-state index is 11.6. The summed E-state index contributed by atoms with van der Waals surface area (Å²) in [4.78, 5) is 23.1. The van der Waals surface area contributed by atoms with Crippen LogP contribution in [0, 0.1) is 0 Å². The van der Waals surface area contributed by atoms with Gasteiger partial charge in [0.2, 0.25) is 0 Å². The standard InChI is InChI=1S/C16H27BrO4/c1-3-5-7-9-11-20-15(18)13-14(17)16(19)21-12-10-8-6-4-2/h13H,3-12H2,1-2H3/b14-13+. The van der Waals surface area contributed by atoms with Gasteiger partial charge in [0.15, 0.2) is 0 Å². The van der Waals surface area contributed by atoms with E-state index in [1.54, 1.807) is 0 Å². The first-order valence-corrected chi connectivity index (χ1v) is 8.62. The first-order chi connectivity index (χ1) is 10.1.